The van der Waals surface area contributed by atoms with Crippen molar-refractivity contribution in [1.82, 2.24) is 15.1 Å². The van der Waals surface area contributed by atoms with Crippen LogP contribution in [0.3, 0.4) is 0 Å². The number of nitrogens with zero attached hydrogens (tertiary/aromatic N) is 2. The minimum atomic E-state index is -0.197. The van der Waals surface area contributed by atoms with Gasteiger partial charge in [-0.2, -0.15) is 5.10 Å². The number of carbonyl (C=O) groups excluding carboxylic acids is 1. The second-order valence-corrected chi connectivity index (χ2v) is 9.02. The fraction of sp³-hybridized carbons (Fsp3) is 0.125. The van der Waals surface area contributed by atoms with Crippen molar-refractivity contribution in [1.29, 1.82) is 0 Å². The lowest BCUT2D eigenvalue weighted by Crippen LogP contribution is -2.31. The van der Waals surface area contributed by atoms with E-state index in [2.05, 4.69) is 17.4 Å². The molecule has 1 N–H and O–H groups in total. The molecule has 0 saturated carbocycles. The summed E-state index contributed by atoms with van der Waals surface area (Å²) in [6, 6.07) is 37.6. The van der Waals surface area contributed by atoms with Crippen LogP contribution in [0.25, 0.3) is 16.9 Å². The van der Waals surface area contributed by atoms with Crippen molar-refractivity contribution in [2.45, 2.75) is 19.4 Å². The van der Waals surface area contributed by atoms with Crippen LogP contribution in [0.5, 0.6) is 5.75 Å². The van der Waals surface area contributed by atoms with Crippen LogP contribution in [0.2, 0.25) is 0 Å². The Hall–Kier alpha value is -4.64. The van der Waals surface area contributed by atoms with E-state index in [1.165, 1.54) is 0 Å². The number of carbonyl (C=O) groups is 1. The Morgan fingerprint density at radius 3 is 2.27 bits per heavy atom. The molecule has 0 radical (unpaired) electrons. The number of hydrogen-bond acceptors (Lipinski definition) is 3. The van der Waals surface area contributed by atoms with Gasteiger partial charge in [-0.1, -0.05) is 90.5 Å². The standard InChI is InChI=1S/C32H29N3O2/c1-23-16-18-27(19-17-23)35-31(22-30(34-35)26-14-9-15-28(21-26)37-2)32(36)33-29(25-12-7-4-8-13-25)20-24-10-5-3-6-11-24/h3-19,21-22,29H,20H2,1-2H3,(H,33,36)/t29-/m1/s1. The topological polar surface area (TPSA) is 56.1 Å². The minimum Gasteiger partial charge on any atom is -0.497 e. The largest absolute Gasteiger partial charge is 0.497 e. The molecule has 0 unspecified atom stereocenters. The molecule has 0 aliphatic heterocycles. The van der Waals surface area contributed by atoms with Gasteiger partial charge in [-0.15, -0.1) is 0 Å². The molecule has 5 nitrogen and oxygen atoms in total. The molecule has 37 heavy (non-hydrogen) atoms. The quantitative estimate of drug-likeness (QED) is 0.269. The van der Waals surface area contributed by atoms with Gasteiger partial charge in [0.25, 0.3) is 5.91 Å². The van der Waals surface area contributed by atoms with Gasteiger partial charge in [0.2, 0.25) is 0 Å². The van der Waals surface area contributed by atoms with Gasteiger partial charge in [-0.3, -0.25) is 4.79 Å². The molecule has 0 aliphatic rings. The zero-order valence-corrected chi connectivity index (χ0v) is 21.0. The summed E-state index contributed by atoms with van der Waals surface area (Å²) < 4.78 is 7.12. The number of amides is 1. The first kappa shape index (κ1) is 24.1. The van der Waals surface area contributed by atoms with E-state index in [0.29, 0.717) is 17.8 Å². The molecule has 0 spiro atoms. The Bertz CT molecular complexity index is 1480. The molecule has 1 aromatic heterocycles. The van der Waals surface area contributed by atoms with Crippen LogP contribution in [-0.2, 0) is 6.42 Å². The number of aromatic nitrogens is 2. The van der Waals surface area contributed by atoms with E-state index >= 15 is 0 Å². The summed E-state index contributed by atoms with van der Waals surface area (Å²) >= 11 is 0. The van der Waals surface area contributed by atoms with Gasteiger partial charge in [-0.05, 0) is 54.8 Å². The lowest BCUT2D eigenvalue weighted by molar-refractivity contribution is 0.0928. The third kappa shape index (κ3) is 5.62. The van der Waals surface area contributed by atoms with Crippen molar-refractivity contribution in [2.24, 2.45) is 0 Å². The van der Waals surface area contributed by atoms with E-state index in [0.717, 1.165) is 33.7 Å². The molecule has 1 heterocycles. The number of hydrogen-bond donors (Lipinski definition) is 1. The molecular weight excluding hydrogens is 458 g/mol. The van der Waals surface area contributed by atoms with Crippen molar-refractivity contribution in [3.63, 3.8) is 0 Å². The van der Waals surface area contributed by atoms with Crippen molar-refractivity contribution in [3.05, 3.63) is 138 Å². The molecule has 0 saturated heterocycles. The highest BCUT2D eigenvalue weighted by Gasteiger charge is 2.22. The highest BCUT2D eigenvalue weighted by atomic mass is 16.5. The second-order valence-electron chi connectivity index (χ2n) is 9.02. The van der Waals surface area contributed by atoms with Crippen LogP contribution >= 0.6 is 0 Å². The van der Waals surface area contributed by atoms with E-state index in [1.54, 1.807) is 11.8 Å². The Labute approximate surface area is 217 Å². The molecule has 0 bridgehead atoms. The third-order valence-corrected chi connectivity index (χ3v) is 6.38. The summed E-state index contributed by atoms with van der Waals surface area (Å²) in [6.45, 7) is 2.04. The van der Waals surface area contributed by atoms with Crippen molar-refractivity contribution in [3.8, 4) is 22.7 Å². The summed E-state index contributed by atoms with van der Waals surface area (Å²) in [6.07, 6.45) is 0.679. The molecule has 5 aromatic rings. The molecular formula is C32H29N3O2. The average Bonchev–Trinajstić information content (AvgIpc) is 3.40. The van der Waals surface area contributed by atoms with Gasteiger partial charge in [0.05, 0.1) is 24.5 Å². The highest BCUT2D eigenvalue weighted by molar-refractivity contribution is 5.94. The van der Waals surface area contributed by atoms with Crippen molar-refractivity contribution in [2.75, 3.05) is 7.11 Å². The molecule has 1 atom stereocenters. The Morgan fingerprint density at radius 1 is 0.865 bits per heavy atom. The Morgan fingerprint density at radius 2 is 1.57 bits per heavy atom. The fourth-order valence-electron chi connectivity index (χ4n) is 4.37. The molecule has 0 aliphatic carbocycles. The third-order valence-electron chi connectivity index (χ3n) is 6.38. The predicted molar refractivity (Wildman–Crippen MR) is 147 cm³/mol. The molecule has 184 valence electrons. The monoisotopic (exact) mass is 487 g/mol. The number of benzene rings is 4. The van der Waals surface area contributed by atoms with Gasteiger partial charge < -0.3 is 10.1 Å². The number of rotatable bonds is 8. The lowest BCUT2D eigenvalue weighted by Gasteiger charge is -2.20. The summed E-state index contributed by atoms with van der Waals surface area (Å²) in [5.41, 5.74) is 6.21. The van der Waals surface area contributed by atoms with Crippen LogP contribution < -0.4 is 10.1 Å². The normalized spacial score (nSPS) is 11.6. The van der Waals surface area contributed by atoms with Gasteiger partial charge in [-0.25, -0.2) is 4.68 Å². The first-order chi connectivity index (χ1) is 18.1. The van der Waals surface area contributed by atoms with Gasteiger partial charge >= 0.3 is 0 Å². The average molecular weight is 488 g/mol. The number of ether oxygens (including phenoxy) is 1. The van der Waals surface area contributed by atoms with Crippen molar-refractivity contribution >= 4 is 5.91 Å². The molecule has 5 heteroatoms. The smallest absolute Gasteiger partial charge is 0.270 e. The van der Waals surface area contributed by atoms with E-state index in [4.69, 9.17) is 9.84 Å². The van der Waals surface area contributed by atoms with Gasteiger partial charge in [0, 0.05) is 5.56 Å². The molecule has 5 rings (SSSR count). The Kier molecular flexibility index (Phi) is 7.13. The summed E-state index contributed by atoms with van der Waals surface area (Å²) in [5.74, 6) is 0.549. The van der Waals surface area contributed by atoms with Crippen LogP contribution in [0.15, 0.2) is 115 Å². The number of nitrogens with one attached hydrogen (secondary N) is 1. The maximum absolute atomic E-state index is 13.9. The zero-order chi connectivity index (χ0) is 25.6. The number of methoxy groups -OCH3 is 1. The SMILES string of the molecule is COc1cccc(-c2cc(C(=O)N[C@H](Cc3ccccc3)c3ccccc3)n(-c3ccc(C)cc3)n2)c1. The maximum atomic E-state index is 13.9. The summed E-state index contributed by atoms with van der Waals surface area (Å²) in [7, 11) is 1.64. The fourth-order valence-corrected chi connectivity index (χ4v) is 4.37. The molecule has 1 amide bonds. The number of aryl methyl sites for hydroxylation is 1. The van der Waals surface area contributed by atoms with Crippen LogP contribution in [0.4, 0.5) is 0 Å². The van der Waals surface area contributed by atoms with Crippen LogP contribution in [0, 0.1) is 6.92 Å². The minimum absolute atomic E-state index is 0.188. The lowest BCUT2D eigenvalue weighted by atomic mass is 9.98. The highest BCUT2D eigenvalue weighted by Crippen LogP contribution is 2.26. The molecule has 0 fully saturated rings. The van der Waals surface area contributed by atoms with E-state index in [9.17, 15) is 4.79 Å². The van der Waals surface area contributed by atoms with Gasteiger partial charge in [0.1, 0.15) is 11.4 Å². The van der Waals surface area contributed by atoms with Crippen LogP contribution in [-0.4, -0.2) is 22.8 Å². The Balaban J connectivity index is 1.53. The maximum Gasteiger partial charge on any atom is 0.270 e. The van der Waals surface area contributed by atoms with Gasteiger partial charge in [0.15, 0.2) is 0 Å². The first-order valence-corrected chi connectivity index (χ1v) is 12.3. The zero-order valence-electron chi connectivity index (χ0n) is 21.0. The van der Waals surface area contributed by atoms with E-state index in [-0.39, 0.29) is 11.9 Å². The summed E-state index contributed by atoms with van der Waals surface area (Å²) in [4.78, 5) is 13.9. The predicted octanol–water partition coefficient (Wildman–Crippen LogP) is 6.57. The van der Waals surface area contributed by atoms with Crippen LogP contribution in [0.1, 0.15) is 33.2 Å². The molecule has 4 aromatic carbocycles. The summed E-state index contributed by atoms with van der Waals surface area (Å²) in [5, 5.41) is 8.12. The van der Waals surface area contributed by atoms with Crippen molar-refractivity contribution < 1.29 is 9.53 Å². The van der Waals surface area contributed by atoms with E-state index < -0.39 is 0 Å². The van der Waals surface area contributed by atoms with E-state index in [1.807, 2.05) is 110 Å². The second kappa shape index (κ2) is 11.0. The first-order valence-electron chi connectivity index (χ1n) is 12.3.